The predicted molar refractivity (Wildman–Crippen MR) is 65.8 cm³/mol. The lowest BCUT2D eigenvalue weighted by Crippen LogP contribution is -2.26. The Labute approximate surface area is 100 Å². The summed E-state index contributed by atoms with van der Waals surface area (Å²) < 4.78 is 27.1. The molecule has 4 heteroatoms. The molecule has 3 N–H and O–H groups in total. The van der Waals surface area contributed by atoms with Crippen LogP contribution in [0.4, 0.5) is 20.2 Å². The molecule has 0 heterocycles. The van der Waals surface area contributed by atoms with E-state index < -0.39 is 11.6 Å². The molecule has 0 spiro atoms. The van der Waals surface area contributed by atoms with Crippen LogP contribution in [0.3, 0.4) is 0 Å². The summed E-state index contributed by atoms with van der Waals surface area (Å²) in [6.07, 6.45) is 4.14. The Balaban J connectivity index is 2.08. The van der Waals surface area contributed by atoms with Crippen LogP contribution in [0, 0.1) is 17.6 Å². The topological polar surface area (TPSA) is 38.0 Å². The van der Waals surface area contributed by atoms with Crippen molar-refractivity contribution in [3.8, 4) is 0 Å². The zero-order valence-electron chi connectivity index (χ0n) is 9.97. The van der Waals surface area contributed by atoms with E-state index in [1.165, 1.54) is 0 Å². The summed E-state index contributed by atoms with van der Waals surface area (Å²) in [5, 5.41) is 2.96. The van der Waals surface area contributed by atoms with Crippen molar-refractivity contribution in [1.82, 2.24) is 0 Å². The lowest BCUT2D eigenvalue weighted by atomic mass is 9.87. The van der Waals surface area contributed by atoms with E-state index in [1.54, 1.807) is 0 Å². The molecule has 17 heavy (non-hydrogen) atoms. The van der Waals surface area contributed by atoms with Crippen molar-refractivity contribution in [1.29, 1.82) is 0 Å². The van der Waals surface area contributed by atoms with Gasteiger partial charge in [0.2, 0.25) is 0 Å². The smallest absolute Gasteiger partial charge is 0.151 e. The molecule has 2 rings (SSSR count). The summed E-state index contributed by atoms with van der Waals surface area (Å²) >= 11 is 0. The molecule has 0 bridgehead atoms. The molecule has 1 saturated carbocycles. The molecule has 1 aromatic rings. The minimum Gasteiger partial charge on any atom is -0.399 e. The van der Waals surface area contributed by atoms with E-state index in [1.807, 2.05) is 0 Å². The summed E-state index contributed by atoms with van der Waals surface area (Å²) in [6, 6.07) is 2.46. The Morgan fingerprint density at radius 3 is 2.18 bits per heavy atom. The maximum atomic E-state index is 13.6. The predicted octanol–water partition coefficient (Wildman–Crippen LogP) is 3.54. The second-order valence-corrected chi connectivity index (χ2v) is 4.96. The molecule has 94 valence electrons. The van der Waals surface area contributed by atoms with Gasteiger partial charge in [0.05, 0.1) is 0 Å². The SMILES string of the molecule is CC1CCC(Nc2c(F)cc(N)cc2F)CC1. The fourth-order valence-electron chi connectivity index (χ4n) is 2.34. The third-order valence-electron chi connectivity index (χ3n) is 3.43. The van der Waals surface area contributed by atoms with Gasteiger partial charge in [-0.2, -0.15) is 0 Å². The number of anilines is 2. The number of rotatable bonds is 2. The van der Waals surface area contributed by atoms with E-state index in [2.05, 4.69) is 12.2 Å². The summed E-state index contributed by atoms with van der Waals surface area (Å²) in [7, 11) is 0. The lowest BCUT2D eigenvalue weighted by Gasteiger charge is -2.28. The van der Waals surface area contributed by atoms with Gasteiger partial charge in [0.25, 0.3) is 0 Å². The second-order valence-electron chi connectivity index (χ2n) is 4.96. The Kier molecular flexibility index (Phi) is 3.50. The third kappa shape index (κ3) is 2.87. The molecule has 0 aromatic heterocycles. The highest BCUT2D eigenvalue weighted by Crippen LogP contribution is 2.29. The standard InChI is InChI=1S/C13H18F2N2/c1-8-2-4-10(5-3-8)17-13-11(14)6-9(16)7-12(13)15/h6-8,10,17H,2-5,16H2,1H3. The average molecular weight is 240 g/mol. The summed E-state index contributed by atoms with van der Waals surface area (Å²) in [5.41, 5.74) is 5.44. The van der Waals surface area contributed by atoms with Gasteiger partial charge < -0.3 is 11.1 Å². The Morgan fingerprint density at radius 2 is 1.65 bits per heavy atom. The van der Waals surface area contributed by atoms with Crippen molar-refractivity contribution in [3.63, 3.8) is 0 Å². The van der Waals surface area contributed by atoms with Crippen LogP contribution in [0.1, 0.15) is 32.6 Å². The summed E-state index contributed by atoms with van der Waals surface area (Å²) in [5.74, 6) is -0.503. The average Bonchev–Trinajstić information content (AvgIpc) is 2.26. The zero-order chi connectivity index (χ0) is 12.4. The van der Waals surface area contributed by atoms with Crippen molar-refractivity contribution in [3.05, 3.63) is 23.8 Å². The van der Waals surface area contributed by atoms with Gasteiger partial charge in [0, 0.05) is 11.7 Å². The first-order chi connectivity index (χ1) is 8.06. The van der Waals surface area contributed by atoms with Crippen LogP contribution in [0.15, 0.2) is 12.1 Å². The van der Waals surface area contributed by atoms with Crippen LogP contribution >= 0.6 is 0 Å². The van der Waals surface area contributed by atoms with E-state index in [-0.39, 0.29) is 17.4 Å². The highest BCUT2D eigenvalue weighted by atomic mass is 19.1. The van der Waals surface area contributed by atoms with Gasteiger partial charge in [0.1, 0.15) is 5.69 Å². The van der Waals surface area contributed by atoms with Gasteiger partial charge in [-0.1, -0.05) is 6.92 Å². The number of nitrogens with one attached hydrogen (secondary N) is 1. The Morgan fingerprint density at radius 1 is 1.12 bits per heavy atom. The highest BCUT2D eigenvalue weighted by Gasteiger charge is 2.20. The number of hydrogen-bond acceptors (Lipinski definition) is 2. The van der Waals surface area contributed by atoms with Crippen molar-refractivity contribution in [2.75, 3.05) is 11.1 Å². The molecule has 0 aliphatic heterocycles. The van der Waals surface area contributed by atoms with E-state index in [4.69, 9.17) is 5.73 Å². The normalized spacial score (nSPS) is 24.6. The van der Waals surface area contributed by atoms with Gasteiger partial charge in [0.15, 0.2) is 11.6 Å². The number of hydrogen-bond donors (Lipinski definition) is 2. The number of benzene rings is 1. The first kappa shape index (κ1) is 12.1. The first-order valence-corrected chi connectivity index (χ1v) is 6.07. The minimum absolute atomic E-state index is 0.0428. The van der Waals surface area contributed by atoms with Gasteiger partial charge in [-0.15, -0.1) is 0 Å². The van der Waals surface area contributed by atoms with Crippen molar-refractivity contribution in [2.24, 2.45) is 5.92 Å². The van der Waals surface area contributed by atoms with Crippen LogP contribution in [-0.2, 0) is 0 Å². The first-order valence-electron chi connectivity index (χ1n) is 6.07. The third-order valence-corrected chi connectivity index (χ3v) is 3.43. The molecule has 0 amide bonds. The molecule has 0 saturated heterocycles. The van der Waals surface area contributed by atoms with Gasteiger partial charge >= 0.3 is 0 Å². The van der Waals surface area contributed by atoms with Gasteiger partial charge in [-0.05, 0) is 43.7 Å². The molecule has 0 atom stereocenters. The largest absolute Gasteiger partial charge is 0.399 e. The number of nitrogens with two attached hydrogens (primary N) is 1. The highest BCUT2D eigenvalue weighted by molar-refractivity contribution is 5.54. The molecule has 1 aliphatic rings. The fourth-order valence-corrected chi connectivity index (χ4v) is 2.34. The molecular weight excluding hydrogens is 222 g/mol. The quantitative estimate of drug-likeness (QED) is 0.776. The fraction of sp³-hybridized carbons (Fsp3) is 0.538. The van der Waals surface area contributed by atoms with Crippen LogP contribution in [0.5, 0.6) is 0 Å². The van der Waals surface area contributed by atoms with Crippen LogP contribution in [-0.4, -0.2) is 6.04 Å². The van der Waals surface area contributed by atoms with Crippen molar-refractivity contribution in [2.45, 2.75) is 38.6 Å². The monoisotopic (exact) mass is 240 g/mol. The molecule has 1 fully saturated rings. The molecule has 0 unspecified atom stereocenters. The molecule has 1 aliphatic carbocycles. The molecule has 0 radical (unpaired) electrons. The van der Waals surface area contributed by atoms with Gasteiger partial charge in [-0.3, -0.25) is 0 Å². The summed E-state index contributed by atoms with van der Waals surface area (Å²) in [6.45, 7) is 2.21. The molecule has 1 aromatic carbocycles. The van der Waals surface area contributed by atoms with Crippen LogP contribution < -0.4 is 11.1 Å². The Hall–Kier alpha value is -1.32. The van der Waals surface area contributed by atoms with E-state index >= 15 is 0 Å². The molecular formula is C13H18F2N2. The minimum atomic E-state index is -0.610. The number of nitrogen functional groups attached to an aromatic ring is 1. The van der Waals surface area contributed by atoms with Crippen molar-refractivity contribution >= 4 is 11.4 Å². The van der Waals surface area contributed by atoms with Crippen molar-refractivity contribution < 1.29 is 8.78 Å². The van der Waals surface area contributed by atoms with E-state index in [0.717, 1.165) is 37.8 Å². The van der Waals surface area contributed by atoms with Gasteiger partial charge in [-0.25, -0.2) is 8.78 Å². The molecule has 2 nitrogen and oxygen atoms in total. The van der Waals surface area contributed by atoms with E-state index in [0.29, 0.717) is 5.92 Å². The second kappa shape index (κ2) is 4.90. The Bertz CT molecular complexity index is 375. The van der Waals surface area contributed by atoms with Crippen LogP contribution in [0.25, 0.3) is 0 Å². The zero-order valence-corrected chi connectivity index (χ0v) is 9.97. The maximum Gasteiger partial charge on any atom is 0.151 e. The van der Waals surface area contributed by atoms with E-state index in [9.17, 15) is 8.78 Å². The maximum absolute atomic E-state index is 13.6. The van der Waals surface area contributed by atoms with Crippen LogP contribution in [0.2, 0.25) is 0 Å². The summed E-state index contributed by atoms with van der Waals surface area (Å²) in [4.78, 5) is 0. The lowest BCUT2D eigenvalue weighted by molar-refractivity contribution is 0.359. The number of halogens is 2.